The smallest absolute Gasteiger partial charge is 0.309 e. The van der Waals surface area contributed by atoms with E-state index in [1.165, 1.54) is 5.56 Å². The van der Waals surface area contributed by atoms with E-state index in [9.17, 15) is 4.79 Å². The van der Waals surface area contributed by atoms with E-state index in [1.807, 2.05) is 25.1 Å². The van der Waals surface area contributed by atoms with Crippen LogP contribution in [0.5, 0.6) is 0 Å². The van der Waals surface area contributed by atoms with Crippen LogP contribution in [-0.2, 0) is 9.53 Å². The highest BCUT2D eigenvalue weighted by Crippen LogP contribution is 2.50. The molecule has 0 N–H and O–H groups in total. The lowest BCUT2D eigenvalue weighted by molar-refractivity contribution is -0.144. The van der Waals surface area contributed by atoms with Gasteiger partial charge in [0, 0.05) is 5.39 Å². The van der Waals surface area contributed by atoms with E-state index in [1.54, 1.807) is 6.26 Å². The Kier molecular flexibility index (Phi) is 2.39. The molecule has 0 spiro atoms. The van der Waals surface area contributed by atoms with E-state index < -0.39 is 0 Å². The number of esters is 1. The average Bonchev–Trinajstić information content (AvgIpc) is 2.98. The number of furan rings is 1. The van der Waals surface area contributed by atoms with Gasteiger partial charge in [0.2, 0.25) is 0 Å². The Bertz CT molecular complexity index is 555. The second kappa shape index (κ2) is 3.91. The molecule has 3 rings (SSSR count). The van der Waals surface area contributed by atoms with Crippen molar-refractivity contribution < 1.29 is 13.9 Å². The van der Waals surface area contributed by atoms with Gasteiger partial charge in [0.25, 0.3) is 0 Å². The van der Waals surface area contributed by atoms with Crippen LogP contribution in [0.1, 0.15) is 24.8 Å². The summed E-state index contributed by atoms with van der Waals surface area (Å²) in [6.07, 6.45) is 2.58. The Morgan fingerprint density at radius 3 is 3.18 bits per heavy atom. The maximum atomic E-state index is 11.6. The summed E-state index contributed by atoms with van der Waals surface area (Å²) in [5, 5.41) is 1.12. The second-order valence-electron chi connectivity index (χ2n) is 4.38. The fraction of sp³-hybridized carbons (Fsp3) is 0.357. The normalized spacial score (nSPS) is 22.6. The molecule has 0 radical (unpaired) electrons. The van der Waals surface area contributed by atoms with Crippen LogP contribution in [0.3, 0.4) is 0 Å². The molecule has 1 aromatic carbocycles. The molecule has 1 aliphatic rings. The van der Waals surface area contributed by atoms with Crippen LogP contribution < -0.4 is 0 Å². The minimum Gasteiger partial charge on any atom is -0.466 e. The molecule has 1 aliphatic carbocycles. The monoisotopic (exact) mass is 230 g/mol. The number of carbonyl (C=O) groups excluding carboxylic acids is 1. The van der Waals surface area contributed by atoms with E-state index >= 15 is 0 Å². The van der Waals surface area contributed by atoms with Gasteiger partial charge in [-0.05, 0) is 37.0 Å². The van der Waals surface area contributed by atoms with Crippen LogP contribution in [0.2, 0.25) is 0 Å². The van der Waals surface area contributed by atoms with Crippen molar-refractivity contribution in [1.82, 2.24) is 0 Å². The van der Waals surface area contributed by atoms with Gasteiger partial charge >= 0.3 is 5.97 Å². The summed E-state index contributed by atoms with van der Waals surface area (Å²) in [7, 11) is 0. The van der Waals surface area contributed by atoms with Crippen molar-refractivity contribution in [3.63, 3.8) is 0 Å². The first-order valence-corrected chi connectivity index (χ1v) is 5.94. The molecular weight excluding hydrogens is 216 g/mol. The molecule has 0 unspecified atom stereocenters. The highest BCUT2D eigenvalue weighted by molar-refractivity contribution is 5.85. The van der Waals surface area contributed by atoms with Gasteiger partial charge in [-0.1, -0.05) is 12.1 Å². The number of benzene rings is 1. The van der Waals surface area contributed by atoms with Crippen LogP contribution in [0, 0.1) is 5.92 Å². The maximum absolute atomic E-state index is 11.6. The molecule has 3 heteroatoms. The van der Waals surface area contributed by atoms with E-state index in [4.69, 9.17) is 9.15 Å². The highest BCUT2D eigenvalue weighted by Gasteiger charge is 2.45. The quantitative estimate of drug-likeness (QED) is 0.760. The lowest BCUT2D eigenvalue weighted by Crippen LogP contribution is -2.07. The first-order valence-electron chi connectivity index (χ1n) is 5.94. The van der Waals surface area contributed by atoms with E-state index in [2.05, 4.69) is 6.07 Å². The standard InChI is InChI=1S/C14H14O3/c1-2-16-14(15)12-8-11(12)9-4-3-5-13-10(9)6-7-17-13/h3-7,11-12H,2,8H2,1H3/t11-,12-/m1/s1. The van der Waals surface area contributed by atoms with Crippen LogP contribution in [-0.4, -0.2) is 12.6 Å². The molecule has 0 amide bonds. The van der Waals surface area contributed by atoms with E-state index in [-0.39, 0.29) is 11.9 Å². The molecule has 1 heterocycles. The zero-order chi connectivity index (χ0) is 11.8. The topological polar surface area (TPSA) is 39.4 Å². The Labute approximate surface area is 99.4 Å². The van der Waals surface area contributed by atoms with E-state index in [0.29, 0.717) is 12.5 Å². The molecule has 3 nitrogen and oxygen atoms in total. The number of hydrogen-bond acceptors (Lipinski definition) is 3. The van der Waals surface area contributed by atoms with Gasteiger partial charge < -0.3 is 9.15 Å². The lowest BCUT2D eigenvalue weighted by atomic mass is 10.0. The van der Waals surface area contributed by atoms with Gasteiger partial charge in [0.05, 0.1) is 18.8 Å². The number of rotatable bonds is 3. The minimum atomic E-state index is -0.0713. The van der Waals surface area contributed by atoms with Crippen molar-refractivity contribution in [1.29, 1.82) is 0 Å². The highest BCUT2D eigenvalue weighted by atomic mass is 16.5. The Hall–Kier alpha value is -1.77. The fourth-order valence-corrected chi connectivity index (χ4v) is 2.39. The van der Waals surface area contributed by atoms with Gasteiger partial charge in [0.15, 0.2) is 0 Å². The SMILES string of the molecule is CCOC(=O)[C@@H]1C[C@@H]1c1cccc2occc12. The molecule has 0 saturated heterocycles. The minimum absolute atomic E-state index is 0.0375. The lowest BCUT2D eigenvalue weighted by Gasteiger charge is -2.02. The van der Waals surface area contributed by atoms with Gasteiger partial charge in [-0.25, -0.2) is 0 Å². The van der Waals surface area contributed by atoms with Crippen molar-refractivity contribution in [2.45, 2.75) is 19.3 Å². The molecular formula is C14H14O3. The molecule has 1 aromatic heterocycles. The zero-order valence-corrected chi connectivity index (χ0v) is 9.68. The zero-order valence-electron chi connectivity index (χ0n) is 9.68. The number of fused-ring (bicyclic) bond motifs is 1. The van der Waals surface area contributed by atoms with Crippen LogP contribution >= 0.6 is 0 Å². The predicted octanol–water partition coefficient (Wildman–Crippen LogP) is 3.10. The summed E-state index contributed by atoms with van der Waals surface area (Å²) in [6.45, 7) is 2.30. The van der Waals surface area contributed by atoms with E-state index in [0.717, 1.165) is 17.4 Å². The maximum Gasteiger partial charge on any atom is 0.309 e. The summed E-state index contributed by atoms with van der Waals surface area (Å²) >= 11 is 0. The third-order valence-corrected chi connectivity index (χ3v) is 3.31. The van der Waals surface area contributed by atoms with Crippen LogP contribution in [0.4, 0.5) is 0 Å². The number of carbonyl (C=O) groups is 1. The van der Waals surface area contributed by atoms with Crippen molar-refractivity contribution in [3.8, 4) is 0 Å². The molecule has 88 valence electrons. The molecule has 17 heavy (non-hydrogen) atoms. The first-order chi connectivity index (χ1) is 8.31. The summed E-state index contributed by atoms with van der Waals surface area (Å²) < 4.78 is 10.4. The van der Waals surface area contributed by atoms with Crippen molar-refractivity contribution in [3.05, 3.63) is 36.1 Å². The predicted molar refractivity (Wildman–Crippen MR) is 63.7 cm³/mol. The van der Waals surface area contributed by atoms with Crippen LogP contribution in [0.25, 0.3) is 11.0 Å². The molecule has 1 fully saturated rings. The van der Waals surface area contributed by atoms with Crippen molar-refractivity contribution in [2.24, 2.45) is 5.92 Å². The van der Waals surface area contributed by atoms with Crippen molar-refractivity contribution >= 4 is 16.9 Å². The summed E-state index contributed by atoms with van der Waals surface area (Å²) in [4.78, 5) is 11.6. The molecule has 2 atom stereocenters. The third-order valence-electron chi connectivity index (χ3n) is 3.31. The largest absolute Gasteiger partial charge is 0.466 e. The summed E-state index contributed by atoms with van der Waals surface area (Å²) in [5.74, 6) is 0.267. The Morgan fingerprint density at radius 2 is 2.35 bits per heavy atom. The second-order valence-corrected chi connectivity index (χ2v) is 4.38. The number of hydrogen-bond donors (Lipinski definition) is 0. The van der Waals surface area contributed by atoms with Gasteiger partial charge in [-0.3, -0.25) is 4.79 Å². The molecule has 1 saturated carbocycles. The summed E-state index contributed by atoms with van der Waals surface area (Å²) in [6, 6.07) is 7.95. The summed E-state index contributed by atoms with van der Waals surface area (Å²) in [5.41, 5.74) is 2.09. The fourth-order valence-electron chi connectivity index (χ4n) is 2.39. The number of ether oxygens (including phenoxy) is 1. The van der Waals surface area contributed by atoms with Gasteiger partial charge in [-0.15, -0.1) is 0 Å². The third kappa shape index (κ3) is 1.71. The van der Waals surface area contributed by atoms with Gasteiger partial charge in [-0.2, -0.15) is 0 Å². The molecule has 2 aromatic rings. The molecule has 0 bridgehead atoms. The average molecular weight is 230 g/mol. The van der Waals surface area contributed by atoms with Gasteiger partial charge in [0.1, 0.15) is 5.58 Å². The van der Waals surface area contributed by atoms with Crippen molar-refractivity contribution in [2.75, 3.05) is 6.61 Å². The first kappa shape index (κ1) is 10.4. The van der Waals surface area contributed by atoms with Crippen LogP contribution in [0.15, 0.2) is 34.9 Å². The Morgan fingerprint density at radius 1 is 1.47 bits per heavy atom. The molecule has 0 aliphatic heterocycles. The Balaban J connectivity index is 1.87.